The van der Waals surface area contributed by atoms with Crippen LogP contribution in [0.2, 0.25) is 0 Å². The van der Waals surface area contributed by atoms with E-state index in [9.17, 15) is 4.79 Å². The van der Waals surface area contributed by atoms with Crippen molar-refractivity contribution in [2.24, 2.45) is 7.05 Å². The summed E-state index contributed by atoms with van der Waals surface area (Å²) in [5, 5.41) is 13.7. The van der Waals surface area contributed by atoms with Gasteiger partial charge in [0, 0.05) is 37.1 Å². The molecule has 0 atom stereocenters. The van der Waals surface area contributed by atoms with Crippen LogP contribution in [0.3, 0.4) is 0 Å². The summed E-state index contributed by atoms with van der Waals surface area (Å²) in [6.45, 7) is 0.642. The van der Waals surface area contributed by atoms with Gasteiger partial charge in [0.15, 0.2) is 5.82 Å². The third-order valence-electron chi connectivity index (χ3n) is 4.26. The standard InChI is InChI=1S/C21H19N5O/c1-25-14-16(13-22-25)9-10-21(27)23-20-11-12-26(24-20)15-18-7-4-6-17-5-2-3-8-19(17)18/h2-14H,15H2,1H3,(H,23,24,27)/b10-9+. The zero-order chi connectivity index (χ0) is 18.6. The van der Waals surface area contributed by atoms with E-state index in [0.29, 0.717) is 12.4 Å². The van der Waals surface area contributed by atoms with Crippen molar-refractivity contribution in [1.29, 1.82) is 0 Å². The number of aromatic nitrogens is 4. The average molecular weight is 357 g/mol. The highest BCUT2D eigenvalue weighted by Gasteiger charge is 2.05. The van der Waals surface area contributed by atoms with Gasteiger partial charge >= 0.3 is 0 Å². The first-order valence-electron chi connectivity index (χ1n) is 8.65. The predicted octanol–water partition coefficient (Wildman–Crippen LogP) is 3.47. The predicted molar refractivity (Wildman–Crippen MR) is 106 cm³/mol. The minimum Gasteiger partial charge on any atom is -0.306 e. The molecule has 27 heavy (non-hydrogen) atoms. The molecular formula is C21H19N5O. The topological polar surface area (TPSA) is 64.7 Å². The van der Waals surface area contributed by atoms with Crippen molar-refractivity contribution in [3.05, 3.63) is 84.3 Å². The molecule has 0 aliphatic rings. The lowest BCUT2D eigenvalue weighted by Crippen LogP contribution is -2.09. The Bertz CT molecular complexity index is 1120. The summed E-state index contributed by atoms with van der Waals surface area (Å²) < 4.78 is 3.51. The molecule has 1 amide bonds. The third kappa shape index (κ3) is 3.95. The Kier molecular flexibility index (Phi) is 4.53. The van der Waals surface area contributed by atoms with E-state index in [0.717, 1.165) is 5.56 Å². The van der Waals surface area contributed by atoms with Crippen molar-refractivity contribution < 1.29 is 4.79 Å². The lowest BCUT2D eigenvalue weighted by Gasteiger charge is -2.06. The normalized spacial score (nSPS) is 11.3. The number of hydrogen-bond acceptors (Lipinski definition) is 3. The average Bonchev–Trinajstić information content (AvgIpc) is 3.29. The molecule has 4 aromatic rings. The number of hydrogen-bond donors (Lipinski definition) is 1. The highest BCUT2D eigenvalue weighted by molar-refractivity contribution is 6.01. The Balaban J connectivity index is 1.44. The summed E-state index contributed by atoms with van der Waals surface area (Å²) in [5.41, 5.74) is 2.06. The van der Waals surface area contributed by atoms with Crippen molar-refractivity contribution in [2.45, 2.75) is 6.54 Å². The number of anilines is 1. The van der Waals surface area contributed by atoms with Gasteiger partial charge < -0.3 is 5.32 Å². The Morgan fingerprint density at radius 1 is 1.15 bits per heavy atom. The second-order valence-electron chi connectivity index (χ2n) is 6.31. The van der Waals surface area contributed by atoms with E-state index in [1.165, 1.54) is 22.4 Å². The van der Waals surface area contributed by atoms with Crippen LogP contribution in [0.1, 0.15) is 11.1 Å². The zero-order valence-corrected chi connectivity index (χ0v) is 14.9. The Hall–Kier alpha value is -3.67. The fraction of sp³-hybridized carbons (Fsp3) is 0.0952. The number of aryl methyl sites for hydroxylation is 1. The first-order chi connectivity index (χ1) is 13.2. The van der Waals surface area contributed by atoms with Crippen LogP contribution >= 0.6 is 0 Å². The molecule has 0 fully saturated rings. The molecule has 0 radical (unpaired) electrons. The number of carbonyl (C=O) groups is 1. The number of fused-ring (bicyclic) bond motifs is 1. The summed E-state index contributed by atoms with van der Waals surface area (Å²) in [5.74, 6) is 0.297. The molecular weight excluding hydrogens is 338 g/mol. The van der Waals surface area contributed by atoms with Crippen molar-refractivity contribution in [1.82, 2.24) is 19.6 Å². The fourth-order valence-corrected chi connectivity index (χ4v) is 2.99. The molecule has 0 aliphatic carbocycles. The number of carbonyl (C=O) groups excluding carboxylic acids is 1. The Morgan fingerprint density at radius 2 is 2.00 bits per heavy atom. The van der Waals surface area contributed by atoms with E-state index in [4.69, 9.17) is 0 Å². The van der Waals surface area contributed by atoms with Crippen LogP contribution in [0.25, 0.3) is 16.8 Å². The molecule has 0 bridgehead atoms. The van der Waals surface area contributed by atoms with Crippen LogP contribution in [0.15, 0.2) is 73.2 Å². The van der Waals surface area contributed by atoms with Crippen molar-refractivity contribution in [3.63, 3.8) is 0 Å². The lowest BCUT2D eigenvalue weighted by molar-refractivity contribution is -0.111. The molecule has 2 aromatic heterocycles. The van der Waals surface area contributed by atoms with Crippen LogP contribution < -0.4 is 5.32 Å². The van der Waals surface area contributed by atoms with Crippen molar-refractivity contribution in [2.75, 3.05) is 5.32 Å². The van der Waals surface area contributed by atoms with Gasteiger partial charge in [0.25, 0.3) is 0 Å². The first kappa shape index (κ1) is 16.8. The minimum absolute atomic E-state index is 0.228. The highest BCUT2D eigenvalue weighted by atomic mass is 16.1. The van der Waals surface area contributed by atoms with E-state index in [1.807, 2.05) is 42.3 Å². The number of rotatable bonds is 5. The van der Waals surface area contributed by atoms with E-state index in [2.05, 4.69) is 39.8 Å². The monoisotopic (exact) mass is 357 g/mol. The maximum Gasteiger partial charge on any atom is 0.249 e. The van der Waals surface area contributed by atoms with Gasteiger partial charge in [0.1, 0.15) is 0 Å². The lowest BCUT2D eigenvalue weighted by atomic mass is 10.0. The molecule has 2 aromatic carbocycles. The van der Waals surface area contributed by atoms with Gasteiger partial charge in [-0.15, -0.1) is 0 Å². The molecule has 0 spiro atoms. The largest absolute Gasteiger partial charge is 0.306 e. The SMILES string of the molecule is Cn1cc(/C=C/C(=O)Nc2ccn(Cc3cccc4ccccc34)n2)cn1. The van der Waals surface area contributed by atoms with Gasteiger partial charge in [-0.1, -0.05) is 42.5 Å². The molecule has 6 nitrogen and oxygen atoms in total. The summed E-state index contributed by atoms with van der Waals surface area (Å²) in [4.78, 5) is 12.1. The smallest absolute Gasteiger partial charge is 0.249 e. The molecule has 6 heteroatoms. The van der Waals surface area contributed by atoms with Gasteiger partial charge in [-0.2, -0.15) is 10.2 Å². The molecule has 134 valence electrons. The minimum atomic E-state index is -0.228. The quantitative estimate of drug-likeness (QED) is 0.556. The zero-order valence-electron chi connectivity index (χ0n) is 14.9. The van der Waals surface area contributed by atoms with E-state index >= 15 is 0 Å². The number of benzene rings is 2. The molecule has 0 aliphatic heterocycles. The van der Waals surface area contributed by atoms with Gasteiger partial charge in [-0.3, -0.25) is 14.2 Å². The summed E-state index contributed by atoms with van der Waals surface area (Å²) in [7, 11) is 1.83. The van der Waals surface area contributed by atoms with Gasteiger partial charge in [-0.05, 0) is 22.4 Å². The van der Waals surface area contributed by atoms with E-state index < -0.39 is 0 Å². The third-order valence-corrected chi connectivity index (χ3v) is 4.26. The number of nitrogens with one attached hydrogen (secondary N) is 1. The summed E-state index contributed by atoms with van der Waals surface area (Å²) >= 11 is 0. The van der Waals surface area contributed by atoms with E-state index in [-0.39, 0.29) is 5.91 Å². The molecule has 1 N–H and O–H groups in total. The van der Waals surface area contributed by atoms with Crippen LogP contribution in [0, 0.1) is 0 Å². The second kappa shape index (κ2) is 7.29. The molecule has 4 rings (SSSR count). The Morgan fingerprint density at radius 3 is 2.85 bits per heavy atom. The number of amides is 1. The van der Waals surface area contributed by atoms with Crippen LogP contribution in [0.5, 0.6) is 0 Å². The van der Waals surface area contributed by atoms with Gasteiger partial charge in [0.2, 0.25) is 5.91 Å². The summed E-state index contributed by atoms with van der Waals surface area (Å²) in [6.07, 6.45) is 8.59. The van der Waals surface area contributed by atoms with Crippen molar-refractivity contribution in [3.8, 4) is 0 Å². The second-order valence-corrected chi connectivity index (χ2v) is 6.31. The first-order valence-corrected chi connectivity index (χ1v) is 8.65. The highest BCUT2D eigenvalue weighted by Crippen LogP contribution is 2.19. The fourth-order valence-electron chi connectivity index (χ4n) is 2.99. The molecule has 2 heterocycles. The molecule has 0 saturated carbocycles. The van der Waals surface area contributed by atoms with Crippen LogP contribution in [0.4, 0.5) is 5.82 Å². The Labute approximate surface area is 156 Å². The van der Waals surface area contributed by atoms with Gasteiger partial charge in [-0.25, -0.2) is 0 Å². The van der Waals surface area contributed by atoms with Crippen LogP contribution in [-0.4, -0.2) is 25.5 Å². The van der Waals surface area contributed by atoms with Crippen molar-refractivity contribution >= 4 is 28.6 Å². The maximum atomic E-state index is 12.1. The maximum absolute atomic E-state index is 12.1. The number of nitrogens with zero attached hydrogens (tertiary/aromatic N) is 4. The molecule has 0 saturated heterocycles. The van der Waals surface area contributed by atoms with E-state index in [1.54, 1.807) is 23.0 Å². The van der Waals surface area contributed by atoms with Crippen LogP contribution in [-0.2, 0) is 18.4 Å². The van der Waals surface area contributed by atoms with Gasteiger partial charge in [0.05, 0.1) is 12.7 Å². The molecule has 0 unspecified atom stereocenters. The summed E-state index contributed by atoms with van der Waals surface area (Å²) in [6, 6.07) is 16.3.